The summed E-state index contributed by atoms with van der Waals surface area (Å²) >= 11 is 5.78. The molecule has 3 aromatic rings. The van der Waals surface area contributed by atoms with E-state index in [1.54, 1.807) is 24.5 Å². The van der Waals surface area contributed by atoms with Gasteiger partial charge in [0.15, 0.2) is 5.78 Å². The van der Waals surface area contributed by atoms with E-state index in [2.05, 4.69) is 4.98 Å². The third-order valence-electron chi connectivity index (χ3n) is 3.88. The van der Waals surface area contributed by atoms with Crippen LogP contribution in [0.25, 0.3) is 6.08 Å². The van der Waals surface area contributed by atoms with E-state index in [1.807, 2.05) is 30.3 Å². The van der Waals surface area contributed by atoms with Gasteiger partial charge in [0.1, 0.15) is 17.4 Å². The zero-order valence-corrected chi connectivity index (χ0v) is 15.4. The minimum Gasteiger partial charge on any atom is -0.488 e. The lowest BCUT2D eigenvalue weighted by atomic mass is 10.1. The van der Waals surface area contributed by atoms with Gasteiger partial charge in [-0.1, -0.05) is 35.9 Å². The van der Waals surface area contributed by atoms with Gasteiger partial charge in [-0.05, 0) is 36.4 Å². The summed E-state index contributed by atoms with van der Waals surface area (Å²) in [7, 11) is 0. The molecule has 0 N–H and O–H groups in total. The van der Waals surface area contributed by atoms with Crippen LogP contribution in [-0.2, 0) is 6.61 Å². The Morgan fingerprint density at radius 2 is 2.00 bits per heavy atom. The molecular formula is C21H15ClN2O4. The number of para-hydroxylation sites is 1. The number of benzene rings is 2. The van der Waals surface area contributed by atoms with E-state index in [1.165, 1.54) is 24.3 Å². The first-order valence-corrected chi connectivity index (χ1v) is 8.69. The van der Waals surface area contributed by atoms with Crippen LogP contribution in [0.1, 0.15) is 21.5 Å². The Morgan fingerprint density at radius 3 is 2.75 bits per heavy atom. The fourth-order valence-electron chi connectivity index (χ4n) is 2.46. The van der Waals surface area contributed by atoms with Gasteiger partial charge in [0.05, 0.1) is 4.92 Å². The lowest BCUT2D eigenvalue weighted by Gasteiger charge is -2.09. The second kappa shape index (κ2) is 8.92. The summed E-state index contributed by atoms with van der Waals surface area (Å²) in [6, 6.07) is 15.0. The molecule has 3 rings (SSSR count). The third kappa shape index (κ3) is 4.81. The summed E-state index contributed by atoms with van der Waals surface area (Å²) in [4.78, 5) is 26.8. The minimum atomic E-state index is -0.621. The maximum absolute atomic E-state index is 12.4. The number of hydrogen-bond donors (Lipinski definition) is 0. The van der Waals surface area contributed by atoms with Crippen LogP contribution in [0.5, 0.6) is 5.75 Å². The molecule has 0 aliphatic rings. The molecule has 6 nitrogen and oxygen atoms in total. The summed E-state index contributed by atoms with van der Waals surface area (Å²) in [6.07, 6.45) is 6.36. The van der Waals surface area contributed by atoms with E-state index in [0.717, 1.165) is 5.56 Å². The van der Waals surface area contributed by atoms with Crippen LogP contribution in [0.3, 0.4) is 0 Å². The number of nitro groups is 1. The number of ether oxygens (including phenoxy) is 1. The molecular weight excluding hydrogens is 380 g/mol. The highest BCUT2D eigenvalue weighted by Crippen LogP contribution is 2.26. The van der Waals surface area contributed by atoms with E-state index < -0.39 is 4.92 Å². The zero-order valence-electron chi connectivity index (χ0n) is 14.6. The third-order valence-corrected chi connectivity index (χ3v) is 4.20. The number of ketones is 1. The monoisotopic (exact) mass is 394 g/mol. The van der Waals surface area contributed by atoms with Crippen molar-refractivity contribution in [3.8, 4) is 5.75 Å². The van der Waals surface area contributed by atoms with Crippen LogP contribution in [0, 0.1) is 10.1 Å². The second-order valence-corrected chi connectivity index (χ2v) is 6.22. The molecule has 0 aliphatic carbocycles. The minimum absolute atomic E-state index is 0.0142. The topological polar surface area (TPSA) is 82.3 Å². The van der Waals surface area contributed by atoms with Gasteiger partial charge in [0.25, 0.3) is 5.69 Å². The highest BCUT2D eigenvalue weighted by molar-refractivity contribution is 6.32. The maximum Gasteiger partial charge on any atom is 0.288 e. The maximum atomic E-state index is 12.4. The Bertz CT molecular complexity index is 1040. The molecule has 0 aliphatic heterocycles. The summed E-state index contributed by atoms with van der Waals surface area (Å²) in [5, 5.41) is 11.0. The largest absolute Gasteiger partial charge is 0.488 e. The zero-order chi connectivity index (χ0) is 19.9. The fraction of sp³-hybridized carbons (Fsp3) is 0.0476. The van der Waals surface area contributed by atoms with Gasteiger partial charge in [-0.2, -0.15) is 0 Å². The average Bonchev–Trinajstić information content (AvgIpc) is 2.72. The standard InChI is InChI=1S/C21H15ClN2O4/c22-18-9-7-17(12-19(18)24(26)27)20(25)10-8-16-5-1-2-6-21(16)28-14-15-4-3-11-23-13-15/h1-13H,14H2/b10-8+. The van der Waals surface area contributed by atoms with Crippen LogP contribution < -0.4 is 4.74 Å². The van der Waals surface area contributed by atoms with Crippen molar-refractivity contribution < 1.29 is 14.5 Å². The van der Waals surface area contributed by atoms with Crippen LogP contribution in [0.15, 0.2) is 73.1 Å². The van der Waals surface area contributed by atoms with E-state index in [-0.39, 0.29) is 22.1 Å². The first-order chi connectivity index (χ1) is 13.5. The van der Waals surface area contributed by atoms with Gasteiger partial charge in [-0.25, -0.2) is 0 Å². The van der Waals surface area contributed by atoms with E-state index in [9.17, 15) is 14.9 Å². The molecule has 0 atom stereocenters. The predicted octanol–water partition coefficient (Wildman–Crippen LogP) is 5.12. The number of carbonyl (C=O) groups excluding carboxylic acids is 1. The highest BCUT2D eigenvalue weighted by Gasteiger charge is 2.15. The van der Waals surface area contributed by atoms with Gasteiger partial charge in [0.2, 0.25) is 0 Å². The van der Waals surface area contributed by atoms with Gasteiger partial charge < -0.3 is 4.74 Å². The molecule has 0 fully saturated rings. The quantitative estimate of drug-likeness (QED) is 0.240. The number of hydrogen-bond acceptors (Lipinski definition) is 5. The molecule has 1 aromatic heterocycles. The number of rotatable bonds is 7. The molecule has 1 heterocycles. The normalized spacial score (nSPS) is 10.8. The van der Waals surface area contributed by atoms with E-state index >= 15 is 0 Å². The van der Waals surface area contributed by atoms with Crippen LogP contribution >= 0.6 is 11.6 Å². The van der Waals surface area contributed by atoms with Crippen LogP contribution in [0.2, 0.25) is 5.02 Å². The molecule has 0 spiro atoms. The summed E-state index contributed by atoms with van der Waals surface area (Å²) < 4.78 is 5.82. The molecule has 7 heteroatoms. The molecule has 2 aromatic carbocycles. The van der Waals surface area contributed by atoms with Gasteiger partial charge >= 0.3 is 0 Å². The van der Waals surface area contributed by atoms with Crippen molar-refractivity contribution >= 4 is 29.1 Å². The molecule has 0 amide bonds. The molecule has 0 radical (unpaired) electrons. The highest BCUT2D eigenvalue weighted by atomic mass is 35.5. The number of nitrogens with zero attached hydrogens (tertiary/aromatic N) is 2. The first kappa shape index (κ1) is 19.3. The summed E-state index contributed by atoms with van der Waals surface area (Å²) in [5.74, 6) is 0.235. The second-order valence-electron chi connectivity index (χ2n) is 5.81. The summed E-state index contributed by atoms with van der Waals surface area (Å²) in [6.45, 7) is 0.343. The number of carbonyl (C=O) groups is 1. The van der Waals surface area contributed by atoms with Crippen molar-refractivity contribution in [3.05, 3.63) is 105 Å². The molecule has 140 valence electrons. The SMILES string of the molecule is O=C(/C=C/c1ccccc1OCc1cccnc1)c1ccc(Cl)c([N+](=O)[O-])c1. The molecule has 0 saturated carbocycles. The van der Waals surface area contributed by atoms with Gasteiger partial charge in [-0.3, -0.25) is 19.9 Å². The van der Waals surface area contributed by atoms with Gasteiger partial charge in [0, 0.05) is 35.2 Å². The first-order valence-electron chi connectivity index (χ1n) is 8.31. The Hall–Kier alpha value is -3.51. The summed E-state index contributed by atoms with van der Waals surface area (Å²) in [5.41, 5.74) is 1.51. The Morgan fingerprint density at radius 1 is 1.18 bits per heavy atom. The lowest BCUT2D eigenvalue weighted by Crippen LogP contribution is -1.98. The molecule has 28 heavy (non-hydrogen) atoms. The number of allylic oxidation sites excluding steroid dienone is 1. The number of halogens is 1. The fourth-order valence-corrected chi connectivity index (χ4v) is 2.65. The van der Waals surface area contributed by atoms with Crippen molar-refractivity contribution in [2.75, 3.05) is 0 Å². The molecule has 0 bridgehead atoms. The average molecular weight is 395 g/mol. The van der Waals surface area contributed by atoms with Crippen molar-refractivity contribution in [1.82, 2.24) is 4.98 Å². The van der Waals surface area contributed by atoms with E-state index in [0.29, 0.717) is 17.9 Å². The van der Waals surface area contributed by atoms with Crippen LogP contribution in [-0.4, -0.2) is 15.7 Å². The number of aromatic nitrogens is 1. The number of nitro benzene ring substituents is 1. The van der Waals surface area contributed by atoms with E-state index in [4.69, 9.17) is 16.3 Å². The van der Waals surface area contributed by atoms with Crippen molar-refractivity contribution in [1.29, 1.82) is 0 Å². The smallest absolute Gasteiger partial charge is 0.288 e. The molecule has 0 unspecified atom stereocenters. The molecule has 0 saturated heterocycles. The van der Waals surface area contributed by atoms with Gasteiger partial charge in [-0.15, -0.1) is 0 Å². The van der Waals surface area contributed by atoms with Crippen molar-refractivity contribution in [2.45, 2.75) is 6.61 Å². The predicted molar refractivity (Wildman–Crippen MR) is 106 cm³/mol. The van der Waals surface area contributed by atoms with Crippen molar-refractivity contribution in [2.24, 2.45) is 0 Å². The number of pyridine rings is 1. The Kier molecular flexibility index (Phi) is 6.14. The Balaban J connectivity index is 1.76. The lowest BCUT2D eigenvalue weighted by molar-refractivity contribution is -0.384. The van der Waals surface area contributed by atoms with Crippen molar-refractivity contribution in [3.63, 3.8) is 0 Å². The Labute approximate surface area is 166 Å². The van der Waals surface area contributed by atoms with Crippen LogP contribution in [0.4, 0.5) is 5.69 Å².